The van der Waals surface area contributed by atoms with Gasteiger partial charge in [0.2, 0.25) is 0 Å². The highest BCUT2D eigenvalue weighted by molar-refractivity contribution is 6.02. The van der Waals surface area contributed by atoms with Crippen LogP contribution in [0.3, 0.4) is 0 Å². The van der Waals surface area contributed by atoms with Crippen molar-refractivity contribution in [1.82, 2.24) is 15.1 Å². The molecule has 7 heteroatoms. The predicted octanol–water partition coefficient (Wildman–Crippen LogP) is 3.83. The molecule has 3 rings (SSSR count). The van der Waals surface area contributed by atoms with Crippen LogP contribution in [0, 0.1) is 5.92 Å². The van der Waals surface area contributed by atoms with Crippen LogP contribution in [-0.4, -0.2) is 34.3 Å². The van der Waals surface area contributed by atoms with Crippen molar-refractivity contribution in [2.75, 3.05) is 6.61 Å². The molecule has 1 aliphatic carbocycles. The highest BCUT2D eigenvalue weighted by Gasteiger charge is 2.24. The lowest BCUT2D eigenvalue weighted by molar-refractivity contribution is -0.125. The fourth-order valence-electron chi connectivity index (χ4n) is 4.20. The quantitative estimate of drug-likeness (QED) is 0.485. The Hall–Kier alpha value is -2.70. The fourth-order valence-corrected chi connectivity index (χ4v) is 4.20. The Morgan fingerprint density at radius 3 is 2.61 bits per heavy atom. The first kappa shape index (κ1) is 23.0. The normalized spacial score (nSPS) is 18.6. The topological polar surface area (TPSA) is 90.3 Å². The maximum Gasteiger partial charge on any atom is 0.359 e. The van der Waals surface area contributed by atoms with Gasteiger partial charge in [0.05, 0.1) is 5.39 Å². The van der Waals surface area contributed by atoms with Crippen molar-refractivity contribution >= 4 is 22.6 Å². The zero-order chi connectivity index (χ0) is 22.2. The van der Waals surface area contributed by atoms with Crippen LogP contribution in [0.4, 0.5) is 0 Å². The van der Waals surface area contributed by atoms with E-state index in [1.165, 1.54) is 11.1 Å². The lowest BCUT2D eigenvalue weighted by Gasteiger charge is -2.29. The third-order valence-electron chi connectivity index (χ3n) is 6.08. The van der Waals surface area contributed by atoms with Crippen LogP contribution in [0.25, 0.3) is 10.8 Å². The first-order valence-corrected chi connectivity index (χ1v) is 11.5. The van der Waals surface area contributed by atoms with E-state index in [1.807, 2.05) is 0 Å². The van der Waals surface area contributed by atoms with Crippen LogP contribution in [0.1, 0.15) is 75.7 Å². The summed E-state index contributed by atoms with van der Waals surface area (Å²) in [6, 6.07) is 7.02. The van der Waals surface area contributed by atoms with Gasteiger partial charge in [0, 0.05) is 18.0 Å². The largest absolute Gasteiger partial charge is 0.451 e. The summed E-state index contributed by atoms with van der Waals surface area (Å²) in [4.78, 5) is 37.9. The van der Waals surface area contributed by atoms with Crippen LogP contribution in [0.15, 0.2) is 29.1 Å². The monoisotopic (exact) mass is 427 g/mol. The number of hydrogen-bond acceptors (Lipinski definition) is 5. The summed E-state index contributed by atoms with van der Waals surface area (Å²) < 4.78 is 6.63. The SMILES string of the molecule is CCCCCCn1nc(C(=O)OCC(=O)NC2CCCCC2C)c2ccccc2c1=O. The van der Waals surface area contributed by atoms with Gasteiger partial charge in [-0.2, -0.15) is 5.10 Å². The number of carbonyl (C=O) groups excluding carboxylic acids is 2. The number of unbranched alkanes of at least 4 members (excludes halogenated alkanes) is 3. The molecular weight excluding hydrogens is 394 g/mol. The van der Waals surface area contributed by atoms with Crippen LogP contribution in [0.5, 0.6) is 0 Å². The van der Waals surface area contributed by atoms with E-state index in [1.54, 1.807) is 24.3 Å². The molecule has 1 heterocycles. The molecule has 2 unspecified atom stereocenters. The molecule has 1 fully saturated rings. The second-order valence-electron chi connectivity index (χ2n) is 8.50. The van der Waals surface area contributed by atoms with Gasteiger partial charge in [0.15, 0.2) is 12.3 Å². The van der Waals surface area contributed by atoms with Gasteiger partial charge in [0.1, 0.15) is 0 Å². The van der Waals surface area contributed by atoms with Gasteiger partial charge in [-0.1, -0.05) is 64.2 Å². The number of nitrogens with one attached hydrogen (secondary N) is 1. The molecule has 1 amide bonds. The second kappa shape index (κ2) is 11.1. The van der Waals surface area contributed by atoms with Gasteiger partial charge >= 0.3 is 5.97 Å². The minimum Gasteiger partial charge on any atom is -0.451 e. The van der Waals surface area contributed by atoms with Gasteiger partial charge < -0.3 is 10.1 Å². The summed E-state index contributed by atoms with van der Waals surface area (Å²) in [5.74, 6) is -0.565. The van der Waals surface area contributed by atoms with Gasteiger partial charge in [-0.15, -0.1) is 0 Å². The molecule has 168 valence electrons. The van der Waals surface area contributed by atoms with Crippen molar-refractivity contribution < 1.29 is 14.3 Å². The Bertz CT molecular complexity index is 969. The first-order valence-electron chi connectivity index (χ1n) is 11.5. The molecule has 7 nitrogen and oxygen atoms in total. The smallest absolute Gasteiger partial charge is 0.359 e. The Morgan fingerprint density at radius 2 is 1.87 bits per heavy atom. The molecule has 1 aliphatic rings. The Balaban J connectivity index is 1.71. The number of carbonyl (C=O) groups is 2. The minimum atomic E-state index is -0.689. The van der Waals surface area contributed by atoms with Crippen molar-refractivity contribution in [2.24, 2.45) is 5.92 Å². The molecule has 0 bridgehead atoms. The van der Waals surface area contributed by atoms with E-state index in [-0.39, 0.29) is 29.8 Å². The number of amides is 1. The summed E-state index contributed by atoms with van der Waals surface area (Å²) in [6.07, 6.45) is 8.34. The maximum absolute atomic E-state index is 12.8. The molecule has 2 atom stereocenters. The van der Waals surface area contributed by atoms with Crippen molar-refractivity contribution in [3.63, 3.8) is 0 Å². The number of esters is 1. The van der Waals surface area contributed by atoms with E-state index in [9.17, 15) is 14.4 Å². The molecule has 1 aromatic heterocycles. The van der Waals surface area contributed by atoms with Crippen molar-refractivity contribution in [3.8, 4) is 0 Å². The number of rotatable bonds is 9. The lowest BCUT2D eigenvalue weighted by Crippen LogP contribution is -2.43. The van der Waals surface area contributed by atoms with Crippen LogP contribution >= 0.6 is 0 Å². The van der Waals surface area contributed by atoms with Crippen LogP contribution < -0.4 is 10.9 Å². The van der Waals surface area contributed by atoms with Gasteiger partial charge in [-0.3, -0.25) is 9.59 Å². The van der Waals surface area contributed by atoms with Crippen molar-refractivity contribution in [3.05, 3.63) is 40.3 Å². The summed E-state index contributed by atoms with van der Waals surface area (Å²) in [7, 11) is 0. The molecule has 0 aliphatic heterocycles. The maximum atomic E-state index is 12.8. The number of aromatic nitrogens is 2. The first-order chi connectivity index (χ1) is 15.0. The zero-order valence-electron chi connectivity index (χ0n) is 18.6. The van der Waals surface area contributed by atoms with Crippen LogP contribution in [0.2, 0.25) is 0 Å². The highest BCUT2D eigenvalue weighted by Crippen LogP contribution is 2.23. The van der Waals surface area contributed by atoms with Gasteiger partial charge in [-0.25, -0.2) is 9.48 Å². The Morgan fingerprint density at radius 1 is 1.13 bits per heavy atom. The number of aryl methyl sites for hydroxylation is 1. The lowest BCUT2D eigenvalue weighted by atomic mass is 9.86. The standard InChI is InChI=1S/C24H33N3O4/c1-3-4-5-10-15-27-23(29)19-13-8-7-12-18(19)22(26-27)24(30)31-16-21(28)25-20-14-9-6-11-17(20)2/h7-8,12-13,17,20H,3-6,9-11,14-16H2,1-2H3,(H,25,28). The molecule has 1 N–H and O–H groups in total. The number of benzene rings is 1. The molecule has 1 saturated carbocycles. The molecule has 31 heavy (non-hydrogen) atoms. The molecule has 0 spiro atoms. The Kier molecular flexibility index (Phi) is 8.20. The molecule has 2 aromatic rings. The summed E-state index contributed by atoms with van der Waals surface area (Å²) in [5, 5.41) is 8.16. The minimum absolute atomic E-state index is 0.0736. The van der Waals surface area contributed by atoms with E-state index in [2.05, 4.69) is 24.3 Å². The number of ether oxygens (including phenoxy) is 1. The second-order valence-corrected chi connectivity index (χ2v) is 8.50. The average molecular weight is 428 g/mol. The van der Waals surface area contributed by atoms with Crippen molar-refractivity contribution in [2.45, 2.75) is 77.8 Å². The van der Waals surface area contributed by atoms with Gasteiger partial charge in [-0.05, 0) is 31.2 Å². The fraction of sp³-hybridized carbons (Fsp3) is 0.583. The van der Waals surface area contributed by atoms with E-state index in [0.717, 1.165) is 44.9 Å². The van der Waals surface area contributed by atoms with Gasteiger partial charge in [0.25, 0.3) is 11.5 Å². The third-order valence-corrected chi connectivity index (χ3v) is 6.08. The average Bonchev–Trinajstić information content (AvgIpc) is 2.78. The van der Waals surface area contributed by atoms with E-state index >= 15 is 0 Å². The van der Waals surface area contributed by atoms with E-state index < -0.39 is 5.97 Å². The molecular formula is C24H33N3O4. The summed E-state index contributed by atoms with van der Waals surface area (Å²) >= 11 is 0. The molecule has 0 saturated heterocycles. The number of hydrogen-bond donors (Lipinski definition) is 1. The third kappa shape index (κ3) is 5.93. The molecule has 1 aromatic carbocycles. The zero-order valence-corrected chi connectivity index (χ0v) is 18.6. The Labute approximate surface area is 183 Å². The summed E-state index contributed by atoms with van der Waals surface area (Å²) in [5.41, 5.74) is -0.141. The van der Waals surface area contributed by atoms with Crippen LogP contribution in [-0.2, 0) is 16.1 Å². The van der Waals surface area contributed by atoms with E-state index in [0.29, 0.717) is 23.2 Å². The highest BCUT2D eigenvalue weighted by atomic mass is 16.5. The van der Waals surface area contributed by atoms with E-state index in [4.69, 9.17) is 4.74 Å². The number of fused-ring (bicyclic) bond motifs is 1. The van der Waals surface area contributed by atoms with Crippen molar-refractivity contribution in [1.29, 1.82) is 0 Å². The molecule has 0 radical (unpaired) electrons. The predicted molar refractivity (Wildman–Crippen MR) is 120 cm³/mol. The number of nitrogens with zero attached hydrogens (tertiary/aromatic N) is 2. The summed E-state index contributed by atoms with van der Waals surface area (Å²) in [6.45, 7) is 4.35.